The van der Waals surface area contributed by atoms with Crippen molar-refractivity contribution in [2.24, 2.45) is 0 Å². The Bertz CT molecular complexity index is 763. The van der Waals surface area contributed by atoms with Gasteiger partial charge >= 0.3 is 5.69 Å². The number of methoxy groups -OCH3 is 1. The van der Waals surface area contributed by atoms with Gasteiger partial charge in [0.1, 0.15) is 18.1 Å². The van der Waals surface area contributed by atoms with Gasteiger partial charge in [0, 0.05) is 19.5 Å². The minimum atomic E-state index is -0.231. The molecule has 1 aliphatic heterocycles. The number of fused-ring (bicyclic) bond motifs is 1. The third-order valence-electron chi connectivity index (χ3n) is 3.95. The second-order valence-electron chi connectivity index (χ2n) is 5.59. The number of aromatic nitrogens is 3. The summed E-state index contributed by atoms with van der Waals surface area (Å²) in [6.45, 7) is 1.03. The lowest BCUT2D eigenvalue weighted by atomic mass is 10.2. The number of carbonyl (C=O) groups excluding carboxylic acids is 1. The zero-order valence-electron chi connectivity index (χ0n) is 13.1. The number of ether oxygens (including phenoxy) is 1. The van der Waals surface area contributed by atoms with Crippen molar-refractivity contribution in [3.8, 4) is 5.75 Å². The largest absolute Gasteiger partial charge is 0.497 e. The summed E-state index contributed by atoms with van der Waals surface area (Å²) in [5.41, 5.74) is 0.741. The van der Waals surface area contributed by atoms with Gasteiger partial charge in [0.2, 0.25) is 5.91 Å². The van der Waals surface area contributed by atoms with E-state index in [0.717, 1.165) is 36.4 Å². The number of aryl methyl sites for hydroxylation is 1. The molecule has 23 heavy (non-hydrogen) atoms. The minimum Gasteiger partial charge on any atom is -0.497 e. The van der Waals surface area contributed by atoms with Crippen molar-refractivity contribution in [1.29, 1.82) is 0 Å². The highest BCUT2D eigenvalue weighted by molar-refractivity contribution is 5.75. The zero-order valence-corrected chi connectivity index (χ0v) is 13.1. The van der Waals surface area contributed by atoms with Crippen molar-refractivity contribution >= 4 is 5.91 Å². The molecule has 0 fully saturated rings. The van der Waals surface area contributed by atoms with Crippen LogP contribution >= 0.6 is 0 Å². The van der Waals surface area contributed by atoms with Crippen LogP contribution in [0.1, 0.15) is 24.2 Å². The molecule has 1 N–H and O–H groups in total. The molecule has 1 aromatic carbocycles. The van der Waals surface area contributed by atoms with Gasteiger partial charge in [0.25, 0.3) is 0 Å². The monoisotopic (exact) mass is 316 g/mol. The van der Waals surface area contributed by atoms with Gasteiger partial charge in [-0.2, -0.15) is 5.10 Å². The molecule has 1 aliphatic rings. The third kappa shape index (κ3) is 3.44. The van der Waals surface area contributed by atoms with Crippen molar-refractivity contribution < 1.29 is 9.53 Å². The number of hydrogen-bond donors (Lipinski definition) is 1. The van der Waals surface area contributed by atoms with Crippen LogP contribution in [0.3, 0.4) is 0 Å². The maximum absolute atomic E-state index is 12.2. The van der Waals surface area contributed by atoms with E-state index in [2.05, 4.69) is 10.4 Å². The predicted molar refractivity (Wildman–Crippen MR) is 84.3 cm³/mol. The quantitative estimate of drug-likeness (QED) is 0.881. The van der Waals surface area contributed by atoms with Crippen molar-refractivity contribution in [2.45, 2.75) is 38.9 Å². The predicted octanol–water partition coefficient (Wildman–Crippen LogP) is 0.706. The molecule has 3 rings (SSSR count). The molecule has 0 bridgehead atoms. The first-order valence-corrected chi connectivity index (χ1v) is 7.73. The van der Waals surface area contributed by atoms with Gasteiger partial charge in [-0.1, -0.05) is 12.1 Å². The Morgan fingerprint density at radius 3 is 3.04 bits per heavy atom. The maximum Gasteiger partial charge on any atom is 0.346 e. The molecule has 0 saturated heterocycles. The summed E-state index contributed by atoms with van der Waals surface area (Å²) in [6, 6.07) is 7.49. The van der Waals surface area contributed by atoms with Crippen LogP contribution in [0.2, 0.25) is 0 Å². The highest BCUT2D eigenvalue weighted by Crippen LogP contribution is 2.12. The molecule has 2 heterocycles. The zero-order chi connectivity index (χ0) is 16.2. The summed E-state index contributed by atoms with van der Waals surface area (Å²) >= 11 is 0. The first kappa shape index (κ1) is 15.3. The summed E-state index contributed by atoms with van der Waals surface area (Å²) in [5.74, 6) is 1.29. The molecule has 0 aliphatic carbocycles. The summed E-state index contributed by atoms with van der Waals surface area (Å²) in [6.07, 6.45) is 2.83. The van der Waals surface area contributed by atoms with Crippen molar-refractivity contribution in [3.63, 3.8) is 0 Å². The Kier molecular flexibility index (Phi) is 4.45. The van der Waals surface area contributed by atoms with E-state index in [0.29, 0.717) is 13.1 Å². The van der Waals surface area contributed by atoms with Crippen LogP contribution in [0.5, 0.6) is 5.75 Å². The highest BCUT2D eigenvalue weighted by Gasteiger charge is 2.17. The van der Waals surface area contributed by atoms with Crippen molar-refractivity contribution in [1.82, 2.24) is 19.7 Å². The van der Waals surface area contributed by atoms with Crippen molar-refractivity contribution in [3.05, 3.63) is 46.1 Å². The van der Waals surface area contributed by atoms with Gasteiger partial charge in [-0.15, -0.1) is 0 Å². The van der Waals surface area contributed by atoms with E-state index in [4.69, 9.17) is 4.74 Å². The molecular weight excluding hydrogens is 296 g/mol. The average molecular weight is 316 g/mol. The van der Waals surface area contributed by atoms with Crippen LogP contribution in [-0.2, 0) is 30.8 Å². The molecule has 7 heteroatoms. The van der Waals surface area contributed by atoms with Gasteiger partial charge in [-0.3, -0.25) is 9.36 Å². The van der Waals surface area contributed by atoms with Crippen LogP contribution in [0.25, 0.3) is 0 Å². The molecule has 0 spiro atoms. The molecule has 7 nitrogen and oxygen atoms in total. The van der Waals surface area contributed by atoms with Crippen LogP contribution < -0.4 is 15.7 Å². The second kappa shape index (κ2) is 6.68. The van der Waals surface area contributed by atoms with Gasteiger partial charge in [0.05, 0.1) is 7.11 Å². The Labute approximate surface area is 133 Å². The van der Waals surface area contributed by atoms with E-state index < -0.39 is 0 Å². The van der Waals surface area contributed by atoms with Gasteiger partial charge < -0.3 is 10.1 Å². The van der Waals surface area contributed by atoms with Gasteiger partial charge in [0.15, 0.2) is 0 Å². The SMILES string of the molecule is COc1cccc(CNC(=O)Cn2nc3n(c2=O)CCCC3)c1. The summed E-state index contributed by atoms with van der Waals surface area (Å²) < 4.78 is 8.07. The Morgan fingerprint density at radius 2 is 2.26 bits per heavy atom. The maximum atomic E-state index is 12.2. The number of rotatable bonds is 5. The molecule has 0 saturated carbocycles. The Morgan fingerprint density at radius 1 is 1.39 bits per heavy atom. The molecule has 0 atom stereocenters. The van der Waals surface area contributed by atoms with Crippen LogP contribution in [0, 0.1) is 0 Å². The lowest BCUT2D eigenvalue weighted by molar-refractivity contribution is -0.122. The minimum absolute atomic E-state index is 0.0528. The lowest BCUT2D eigenvalue weighted by Crippen LogP contribution is -2.33. The summed E-state index contributed by atoms with van der Waals surface area (Å²) in [4.78, 5) is 24.2. The number of amides is 1. The highest BCUT2D eigenvalue weighted by atomic mass is 16.5. The lowest BCUT2D eigenvalue weighted by Gasteiger charge is -2.09. The van der Waals surface area contributed by atoms with E-state index in [9.17, 15) is 9.59 Å². The Hall–Kier alpha value is -2.57. The fourth-order valence-electron chi connectivity index (χ4n) is 2.73. The molecular formula is C16H20N4O3. The number of nitrogens with one attached hydrogen (secondary N) is 1. The first-order valence-electron chi connectivity index (χ1n) is 7.73. The van der Waals surface area contributed by atoms with Gasteiger partial charge in [-0.05, 0) is 30.5 Å². The molecule has 2 aromatic rings. The van der Waals surface area contributed by atoms with E-state index in [-0.39, 0.29) is 18.1 Å². The third-order valence-corrected chi connectivity index (χ3v) is 3.95. The fraction of sp³-hybridized carbons (Fsp3) is 0.438. The van der Waals surface area contributed by atoms with Crippen LogP contribution in [0.4, 0.5) is 0 Å². The molecule has 0 unspecified atom stereocenters. The standard InChI is InChI=1S/C16H20N4O3/c1-23-13-6-4-5-12(9-13)10-17-15(21)11-20-16(22)19-8-3-2-7-14(19)18-20/h4-6,9H,2-3,7-8,10-11H2,1H3,(H,17,21). The fourth-order valence-corrected chi connectivity index (χ4v) is 2.73. The van der Waals surface area contributed by atoms with E-state index >= 15 is 0 Å². The molecule has 1 aromatic heterocycles. The second-order valence-corrected chi connectivity index (χ2v) is 5.59. The normalized spacial score (nSPS) is 13.4. The number of carbonyl (C=O) groups is 1. The number of benzene rings is 1. The van der Waals surface area contributed by atoms with Crippen LogP contribution in [0.15, 0.2) is 29.1 Å². The number of nitrogens with zero attached hydrogens (tertiary/aromatic N) is 3. The smallest absolute Gasteiger partial charge is 0.346 e. The first-order chi connectivity index (χ1) is 11.2. The topological polar surface area (TPSA) is 78.2 Å². The van der Waals surface area contributed by atoms with E-state index in [1.165, 1.54) is 4.68 Å². The average Bonchev–Trinajstić information content (AvgIpc) is 2.89. The molecule has 122 valence electrons. The summed E-state index contributed by atoms with van der Waals surface area (Å²) in [5, 5.41) is 7.06. The van der Waals surface area contributed by atoms with E-state index in [1.54, 1.807) is 11.7 Å². The molecule has 0 radical (unpaired) electrons. The summed E-state index contributed by atoms with van der Waals surface area (Å²) in [7, 11) is 1.60. The Balaban J connectivity index is 1.61. The number of hydrogen-bond acceptors (Lipinski definition) is 4. The van der Waals surface area contributed by atoms with Crippen LogP contribution in [-0.4, -0.2) is 27.4 Å². The van der Waals surface area contributed by atoms with Crippen molar-refractivity contribution in [2.75, 3.05) is 7.11 Å². The molecule has 1 amide bonds. The van der Waals surface area contributed by atoms with E-state index in [1.807, 2.05) is 24.3 Å². The van der Waals surface area contributed by atoms with Gasteiger partial charge in [-0.25, -0.2) is 9.48 Å².